The van der Waals surface area contributed by atoms with Crippen molar-refractivity contribution in [1.29, 1.82) is 0 Å². The quantitative estimate of drug-likeness (QED) is 0.806. The van der Waals surface area contributed by atoms with Crippen molar-refractivity contribution >= 4 is 11.3 Å². The predicted molar refractivity (Wildman–Crippen MR) is 66.5 cm³/mol. The third-order valence-electron chi connectivity index (χ3n) is 2.52. The molecule has 2 atom stereocenters. The fourth-order valence-electron chi connectivity index (χ4n) is 1.64. The van der Waals surface area contributed by atoms with Gasteiger partial charge in [0.05, 0.1) is 0 Å². The molecule has 0 bridgehead atoms. The van der Waals surface area contributed by atoms with E-state index in [1.54, 1.807) is 7.11 Å². The summed E-state index contributed by atoms with van der Waals surface area (Å²) < 4.78 is 5.11. The van der Waals surface area contributed by atoms with Gasteiger partial charge in [-0.05, 0) is 36.8 Å². The molecule has 2 unspecified atom stereocenters. The van der Waals surface area contributed by atoms with E-state index < -0.39 is 0 Å². The van der Waals surface area contributed by atoms with Gasteiger partial charge in [-0.3, -0.25) is 0 Å². The number of aryl methyl sites for hydroxylation is 1. The van der Waals surface area contributed by atoms with Gasteiger partial charge in [-0.1, -0.05) is 6.92 Å². The molecule has 15 heavy (non-hydrogen) atoms. The molecule has 0 aromatic carbocycles. The lowest BCUT2D eigenvalue weighted by Gasteiger charge is -2.17. The molecule has 0 aliphatic carbocycles. The van der Waals surface area contributed by atoms with Crippen LogP contribution in [0.1, 0.15) is 30.3 Å². The molecule has 0 aliphatic rings. The van der Waals surface area contributed by atoms with Gasteiger partial charge in [-0.25, -0.2) is 0 Å². The minimum absolute atomic E-state index is 0.448. The van der Waals surface area contributed by atoms with Gasteiger partial charge in [-0.15, -0.1) is 11.3 Å². The summed E-state index contributed by atoms with van der Waals surface area (Å²) in [5.74, 6) is 0.567. The molecule has 3 heteroatoms. The lowest BCUT2D eigenvalue weighted by Crippen LogP contribution is -2.26. The van der Waals surface area contributed by atoms with Crippen molar-refractivity contribution in [1.82, 2.24) is 5.32 Å². The Bertz CT molecular complexity index is 285. The van der Waals surface area contributed by atoms with E-state index in [4.69, 9.17) is 4.74 Å². The standard InChI is InChI=1S/C12H21NOS/c1-9(8-14-4)7-13-11(3)12-10(2)5-6-15-12/h5-6,9,11,13H,7-8H2,1-4H3. The molecule has 1 N–H and O–H groups in total. The number of thiophene rings is 1. The highest BCUT2D eigenvalue weighted by Gasteiger charge is 2.10. The summed E-state index contributed by atoms with van der Waals surface area (Å²) >= 11 is 1.83. The molecule has 1 heterocycles. The molecular weight excluding hydrogens is 206 g/mol. The number of nitrogens with one attached hydrogen (secondary N) is 1. The van der Waals surface area contributed by atoms with Crippen LogP contribution in [0.2, 0.25) is 0 Å². The molecule has 0 saturated heterocycles. The van der Waals surface area contributed by atoms with Gasteiger partial charge >= 0.3 is 0 Å². The summed E-state index contributed by atoms with van der Waals surface area (Å²) in [7, 11) is 1.75. The summed E-state index contributed by atoms with van der Waals surface area (Å²) in [4.78, 5) is 1.44. The zero-order chi connectivity index (χ0) is 11.3. The fourth-order valence-corrected chi connectivity index (χ4v) is 2.60. The van der Waals surface area contributed by atoms with Gasteiger partial charge in [0.25, 0.3) is 0 Å². The van der Waals surface area contributed by atoms with Gasteiger partial charge in [0, 0.05) is 31.2 Å². The lowest BCUT2D eigenvalue weighted by atomic mass is 10.1. The number of ether oxygens (including phenoxy) is 1. The van der Waals surface area contributed by atoms with Crippen LogP contribution in [-0.4, -0.2) is 20.3 Å². The molecule has 1 aromatic rings. The van der Waals surface area contributed by atoms with Gasteiger partial charge in [-0.2, -0.15) is 0 Å². The molecule has 1 aromatic heterocycles. The normalized spacial score (nSPS) is 15.2. The Morgan fingerprint density at radius 2 is 2.20 bits per heavy atom. The third-order valence-corrected chi connectivity index (χ3v) is 3.72. The van der Waals surface area contributed by atoms with E-state index >= 15 is 0 Å². The van der Waals surface area contributed by atoms with Crippen LogP contribution in [0.15, 0.2) is 11.4 Å². The van der Waals surface area contributed by atoms with Gasteiger partial charge in [0.2, 0.25) is 0 Å². The zero-order valence-electron chi connectivity index (χ0n) is 10.0. The van der Waals surface area contributed by atoms with Crippen LogP contribution in [0.3, 0.4) is 0 Å². The van der Waals surface area contributed by atoms with Crippen molar-refractivity contribution in [3.05, 3.63) is 21.9 Å². The lowest BCUT2D eigenvalue weighted by molar-refractivity contribution is 0.157. The van der Waals surface area contributed by atoms with Crippen LogP contribution in [0.5, 0.6) is 0 Å². The summed E-state index contributed by atoms with van der Waals surface area (Å²) in [6.45, 7) is 8.42. The Morgan fingerprint density at radius 1 is 1.47 bits per heavy atom. The first-order valence-electron chi connectivity index (χ1n) is 5.41. The highest BCUT2D eigenvalue weighted by molar-refractivity contribution is 7.10. The topological polar surface area (TPSA) is 21.3 Å². The molecule has 0 radical (unpaired) electrons. The van der Waals surface area contributed by atoms with Crippen LogP contribution in [0, 0.1) is 12.8 Å². The minimum Gasteiger partial charge on any atom is -0.384 e. The van der Waals surface area contributed by atoms with Crippen molar-refractivity contribution in [3.63, 3.8) is 0 Å². The van der Waals surface area contributed by atoms with Crippen LogP contribution in [0.4, 0.5) is 0 Å². The first-order chi connectivity index (χ1) is 7.15. The largest absolute Gasteiger partial charge is 0.384 e. The Kier molecular flexibility index (Phi) is 5.29. The summed E-state index contributed by atoms with van der Waals surface area (Å²) in [6.07, 6.45) is 0. The number of hydrogen-bond donors (Lipinski definition) is 1. The van der Waals surface area contributed by atoms with E-state index in [1.165, 1.54) is 10.4 Å². The van der Waals surface area contributed by atoms with Gasteiger partial charge in [0.1, 0.15) is 0 Å². The molecule has 0 amide bonds. The van der Waals surface area contributed by atoms with E-state index in [1.807, 2.05) is 11.3 Å². The number of hydrogen-bond acceptors (Lipinski definition) is 3. The first kappa shape index (κ1) is 12.7. The Balaban J connectivity index is 2.36. The van der Waals surface area contributed by atoms with Crippen LogP contribution < -0.4 is 5.32 Å². The van der Waals surface area contributed by atoms with Crippen molar-refractivity contribution in [2.75, 3.05) is 20.3 Å². The van der Waals surface area contributed by atoms with Crippen molar-refractivity contribution < 1.29 is 4.74 Å². The zero-order valence-corrected chi connectivity index (χ0v) is 10.9. The second-order valence-corrected chi connectivity index (χ2v) is 5.11. The van der Waals surface area contributed by atoms with Crippen molar-refractivity contribution in [2.24, 2.45) is 5.92 Å². The van der Waals surface area contributed by atoms with E-state index in [-0.39, 0.29) is 0 Å². The van der Waals surface area contributed by atoms with E-state index in [2.05, 4.69) is 37.5 Å². The monoisotopic (exact) mass is 227 g/mol. The molecule has 2 nitrogen and oxygen atoms in total. The molecular formula is C12H21NOS. The molecule has 86 valence electrons. The Morgan fingerprint density at radius 3 is 2.73 bits per heavy atom. The molecule has 0 fully saturated rings. The number of methoxy groups -OCH3 is 1. The molecule has 0 spiro atoms. The molecule has 0 aliphatic heterocycles. The first-order valence-corrected chi connectivity index (χ1v) is 6.29. The van der Waals surface area contributed by atoms with Crippen molar-refractivity contribution in [3.8, 4) is 0 Å². The second-order valence-electron chi connectivity index (χ2n) is 4.16. The van der Waals surface area contributed by atoms with Crippen LogP contribution in [-0.2, 0) is 4.74 Å². The average molecular weight is 227 g/mol. The maximum absolute atomic E-state index is 5.11. The van der Waals surface area contributed by atoms with E-state index in [0.29, 0.717) is 12.0 Å². The van der Waals surface area contributed by atoms with Gasteiger partial charge < -0.3 is 10.1 Å². The van der Waals surface area contributed by atoms with Crippen LogP contribution >= 0.6 is 11.3 Å². The molecule has 0 saturated carbocycles. The third kappa shape index (κ3) is 3.93. The highest BCUT2D eigenvalue weighted by atomic mass is 32.1. The Hall–Kier alpha value is -0.380. The SMILES string of the molecule is COCC(C)CNC(C)c1sccc1C. The molecule has 1 rings (SSSR count). The smallest absolute Gasteiger partial charge is 0.0499 e. The van der Waals surface area contributed by atoms with E-state index in [0.717, 1.165) is 13.2 Å². The average Bonchev–Trinajstić information content (AvgIpc) is 2.61. The van der Waals surface area contributed by atoms with E-state index in [9.17, 15) is 0 Å². The Labute approximate surface area is 96.7 Å². The van der Waals surface area contributed by atoms with Crippen LogP contribution in [0.25, 0.3) is 0 Å². The second kappa shape index (κ2) is 6.26. The predicted octanol–water partition coefficient (Wildman–Crippen LogP) is 2.99. The van der Waals surface area contributed by atoms with Crippen molar-refractivity contribution in [2.45, 2.75) is 26.8 Å². The number of rotatable bonds is 6. The highest BCUT2D eigenvalue weighted by Crippen LogP contribution is 2.23. The maximum atomic E-state index is 5.11. The fraction of sp³-hybridized carbons (Fsp3) is 0.667. The minimum atomic E-state index is 0.448. The summed E-state index contributed by atoms with van der Waals surface area (Å²) in [5.41, 5.74) is 1.39. The summed E-state index contributed by atoms with van der Waals surface area (Å²) in [5, 5.41) is 5.70. The summed E-state index contributed by atoms with van der Waals surface area (Å²) in [6, 6.07) is 2.63. The van der Waals surface area contributed by atoms with Gasteiger partial charge in [0.15, 0.2) is 0 Å². The maximum Gasteiger partial charge on any atom is 0.0499 e.